The smallest absolute Gasteiger partial charge is 0.0116 e. The van der Waals surface area contributed by atoms with Crippen LogP contribution in [0.1, 0.15) is 53.4 Å². The van der Waals surface area contributed by atoms with Crippen molar-refractivity contribution in [2.75, 3.05) is 0 Å². The Bertz CT molecular complexity index is 211. The minimum atomic E-state index is 0.571. The Morgan fingerprint density at radius 2 is 1.00 bits per heavy atom. The Labute approximate surface area is 76.1 Å². The van der Waals surface area contributed by atoms with E-state index in [9.17, 15) is 0 Å². The minimum absolute atomic E-state index is 0.571. The summed E-state index contributed by atoms with van der Waals surface area (Å²) in [4.78, 5) is 0. The molecule has 2 bridgehead atoms. The first kappa shape index (κ1) is 8.34. The number of allylic oxidation sites excluding steroid dienone is 2. The summed E-state index contributed by atoms with van der Waals surface area (Å²) in [6.07, 6.45) is 5.69. The molecule has 0 spiro atoms. The second-order valence-corrected chi connectivity index (χ2v) is 5.37. The average molecular weight is 164 g/mol. The van der Waals surface area contributed by atoms with Gasteiger partial charge < -0.3 is 0 Å². The molecule has 68 valence electrons. The van der Waals surface area contributed by atoms with Crippen molar-refractivity contribution in [3.63, 3.8) is 0 Å². The van der Waals surface area contributed by atoms with Gasteiger partial charge in [-0.25, -0.2) is 0 Å². The van der Waals surface area contributed by atoms with Crippen LogP contribution in [0.25, 0.3) is 0 Å². The zero-order valence-electron chi connectivity index (χ0n) is 8.83. The molecule has 3 aliphatic rings. The van der Waals surface area contributed by atoms with Gasteiger partial charge in [0.15, 0.2) is 0 Å². The maximum Gasteiger partial charge on any atom is -0.0116 e. The number of hydrogen-bond donors (Lipinski definition) is 0. The lowest BCUT2D eigenvalue weighted by Gasteiger charge is -2.52. The number of hydrogen-bond acceptors (Lipinski definition) is 0. The molecule has 0 aromatic heterocycles. The Kier molecular flexibility index (Phi) is 1.50. The van der Waals surface area contributed by atoms with E-state index >= 15 is 0 Å². The third-order valence-corrected chi connectivity index (χ3v) is 4.83. The average Bonchev–Trinajstić information content (AvgIpc) is 2.06. The molecular formula is C12H20. The zero-order chi connectivity index (χ0) is 8.98. The van der Waals surface area contributed by atoms with Crippen LogP contribution >= 0.6 is 0 Å². The van der Waals surface area contributed by atoms with Crippen LogP contribution in [0.4, 0.5) is 0 Å². The predicted octanol–water partition coefficient (Wildman–Crippen LogP) is 3.92. The molecule has 1 fully saturated rings. The fraction of sp³-hybridized carbons (Fsp3) is 0.833. The standard InChI is InChI=1S/C12H20/c1-9-10(2)12(4)7-5-11(9,3)6-8-12/h5-8H2,1-4H3. The Morgan fingerprint density at radius 1 is 0.750 bits per heavy atom. The van der Waals surface area contributed by atoms with Gasteiger partial charge in [-0.05, 0) is 50.4 Å². The van der Waals surface area contributed by atoms with Crippen LogP contribution < -0.4 is 0 Å². The SMILES string of the molecule is CC1=C(C)C2(C)CCC1(C)CC2. The van der Waals surface area contributed by atoms with Crippen molar-refractivity contribution in [2.45, 2.75) is 53.4 Å². The van der Waals surface area contributed by atoms with Crippen molar-refractivity contribution < 1.29 is 0 Å². The molecule has 0 radical (unpaired) electrons. The summed E-state index contributed by atoms with van der Waals surface area (Å²) >= 11 is 0. The van der Waals surface area contributed by atoms with Crippen LogP contribution in [0, 0.1) is 10.8 Å². The predicted molar refractivity (Wildman–Crippen MR) is 53.1 cm³/mol. The number of fused-ring (bicyclic) bond motifs is 2. The largest absolute Gasteiger partial charge is 0.0679 e. The Hall–Kier alpha value is -0.260. The highest BCUT2D eigenvalue weighted by molar-refractivity contribution is 5.30. The lowest BCUT2D eigenvalue weighted by Crippen LogP contribution is -2.39. The van der Waals surface area contributed by atoms with E-state index in [2.05, 4.69) is 27.7 Å². The van der Waals surface area contributed by atoms with Gasteiger partial charge in [-0.2, -0.15) is 0 Å². The van der Waals surface area contributed by atoms with Crippen LogP contribution in [0.5, 0.6) is 0 Å². The molecule has 0 aliphatic heterocycles. The van der Waals surface area contributed by atoms with Crippen molar-refractivity contribution in [3.05, 3.63) is 11.1 Å². The quantitative estimate of drug-likeness (QED) is 0.476. The van der Waals surface area contributed by atoms with E-state index < -0.39 is 0 Å². The van der Waals surface area contributed by atoms with Crippen LogP contribution in [0.15, 0.2) is 11.1 Å². The summed E-state index contributed by atoms with van der Waals surface area (Å²) in [5.74, 6) is 0. The third kappa shape index (κ3) is 0.841. The van der Waals surface area contributed by atoms with Gasteiger partial charge >= 0.3 is 0 Å². The van der Waals surface area contributed by atoms with Crippen LogP contribution in [0.2, 0.25) is 0 Å². The van der Waals surface area contributed by atoms with Crippen LogP contribution in [-0.2, 0) is 0 Å². The molecule has 0 aromatic rings. The first-order valence-corrected chi connectivity index (χ1v) is 5.16. The summed E-state index contributed by atoms with van der Waals surface area (Å²) in [5.41, 5.74) is 4.54. The second-order valence-electron chi connectivity index (χ2n) is 5.37. The Balaban J connectivity index is 2.52. The molecule has 0 amide bonds. The van der Waals surface area contributed by atoms with Gasteiger partial charge in [0.25, 0.3) is 0 Å². The van der Waals surface area contributed by atoms with Gasteiger partial charge in [0.1, 0.15) is 0 Å². The van der Waals surface area contributed by atoms with Gasteiger partial charge in [0.05, 0.1) is 0 Å². The maximum absolute atomic E-state index is 2.45. The molecule has 0 heterocycles. The van der Waals surface area contributed by atoms with E-state index in [0.717, 1.165) is 0 Å². The summed E-state index contributed by atoms with van der Waals surface area (Å²) in [6, 6.07) is 0. The normalized spacial score (nSPS) is 47.0. The van der Waals surface area contributed by atoms with Crippen molar-refractivity contribution in [1.29, 1.82) is 0 Å². The van der Waals surface area contributed by atoms with E-state index in [0.29, 0.717) is 10.8 Å². The van der Waals surface area contributed by atoms with Gasteiger partial charge in [0, 0.05) is 0 Å². The second kappa shape index (κ2) is 2.16. The fourth-order valence-corrected chi connectivity index (χ4v) is 3.01. The molecule has 0 aromatic carbocycles. The van der Waals surface area contributed by atoms with Crippen LogP contribution in [0.3, 0.4) is 0 Å². The molecule has 12 heavy (non-hydrogen) atoms. The molecule has 0 heteroatoms. The highest BCUT2D eigenvalue weighted by atomic mass is 14.5. The summed E-state index contributed by atoms with van der Waals surface area (Å²) in [6.45, 7) is 9.60. The first-order valence-electron chi connectivity index (χ1n) is 5.16. The Morgan fingerprint density at radius 3 is 1.25 bits per heavy atom. The van der Waals surface area contributed by atoms with E-state index in [4.69, 9.17) is 0 Å². The molecule has 0 saturated heterocycles. The highest BCUT2D eigenvalue weighted by Gasteiger charge is 2.45. The van der Waals surface area contributed by atoms with E-state index in [1.54, 1.807) is 11.1 Å². The number of rotatable bonds is 0. The van der Waals surface area contributed by atoms with Crippen molar-refractivity contribution in [1.82, 2.24) is 0 Å². The van der Waals surface area contributed by atoms with Crippen LogP contribution in [-0.4, -0.2) is 0 Å². The molecule has 0 nitrogen and oxygen atoms in total. The van der Waals surface area contributed by atoms with Gasteiger partial charge in [-0.3, -0.25) is 0 Å². The lowest BCUT2D eigenvalue weighted by molar-refractivity contribution is 0.124. The summed E-state index contributed by atoms with van der Waals surface area (Å²) < 4.78 is 0. The summed E-state index contributed by atoms with van der Waals surface area (Å²) in [7, 11) is 0. The van der Waals surface area contributed by atoms with E-state index in [1.165, 1.54) is 25.7 Å². The van der Waals surface area contributed by atoms with Crippen molar-refractivity contribution in [3.8, 4) is 0 Å². The fourth-order valence-electron chi connectivity index (χ4n) is 3.01. The monoisotopic (exact) mass is 164 g/mol. The highest BCUT2D eigenvalue weighted by Crippen LogP contribution is 2.58. The summed E-state index contributed by atoms with van der Waals surface area (Å²) in [5, 5.41) is 0. The zero-order valence-corrected chi connectivity index (χ0v) is 8.83. The molecule has 0 atom stereocenters. The molecule has 0 unspecified atom stereocenters. The molecule has 0 N–H and O–H groups in total. The molecule has 1 saturated carbocycles. The van der Waals surface area contributed by atoms with E-state index in [-0.39, 0.29) is 0 Å². The minimum Gasteiger partial charge on any atom is -0.0679 e. The maximum atomic E-state index is 2.45. The first-order chi connectivity index (χ1) is 5.48. The topological polar surface area (TPSA) is 0 Å². The molecule has 3 rings (SSSR count). The van der Waals surface area contributed by atoms with Crippen molar-refractivity contribution in [2.24, 2.45) is 10.8 Å². The van der Waals surface area contributed by atoms with Gasteiger partial charge in [-0.1, -0.05) is 25.0 Å². The molecular weight excluding hydrogens is 144 g/mol. The van der Waals surface area contributed by atoms with E-state index in [1.807, 2.05) is 0 Å². The lowest BCUT2D eigenvalue weighted by atomic mass is 9.53. The van der Waals surface area contributed by atoms with Crippen molar-refractivity contribution >= 4 is 0 Å². The molecule has 3 aliphatic carbocycles. The van der Waals surface area contributed by atoms with Gasteiger partial charge in [0.2, 0.25) is 0 Å². The van der Waals surface area contributed by atoms with Gasteiger partial charge in [-0.15, -0.1) is 0 Å². The third-order valence-electron chi connectivity index (χ3n) is 4.83.